The van der Waals surface area contributed by atoms with E-state index in [9.17, 15) is 24.2 Å². The molecule has 1 saturated carbocycles. The van der Waals surface area contributed by atoms with Crippen LogP contribution in [-0.4, -0.2) is 59.0 Å². The van der Waals surface area contributed by atoms with E-state index in [2.05, 4.69) is 0 Å². The summed E-state index contributed by atoms with van der Waals surface area (Å²) in [6.45, 7) is -1.00. The summed E-state index contributed by atoms with van der Waals surface area (Å²) in [5.74, 6) is -2.66. The number of hydrogen-bond donors (Lipinski definition) is 2. The minimum absolute atomic E-state index is 0.0242. The summed E-state index contributed by atoms with van der Waals surface area (Å²) < 4.78 is 18.1. The predicted molar refractivity (Wildman–Crippen MR) is 68.9 cm³/mol. The Morgan fingerprint density at radius 2 is 2.24 bits per heavy atom. The van der Waals surface area contributed by atoms with Gasteiger partial charge in [0.25, 0.3) is 0 Å². The molecule has 0 aromatic heterocycles. The number of rotatable bonds is 4. The average Bonchev–Trinajstić information content (AvgIpc) is 2.78. The second-order valence-electron chi connectivity index (χ2n) is 5.82. The summed E-state index contributed by atoms with van der Waals surface area (Å²) in [6, 6.07) is -0.442. The van der Waals surface area contributed by atoms with Crippen LogP contribution in [0.4, 0.5) is 4.39 Å². The minimum Gasteiger partial charge on any atom is -0.477 e. The van der Waals surface area contributed by atoms with Crippen LogP contribution in [0.3, 0.4) is 0 Å². The number of nitrogens with zero attached hydrogens (tertiary/aromatic N) is 1. The molecule has 3 rings (SSSR count). The van der Waals surface area contributed by atoms with Crippen LogP contribution >= 0.6 is 0 Å². The molecule has 21 heavy (non-hydrogen) atoms. The number of amides is 1. The second-order valence-corrected chi connectivity index (χ2v) is 5.82. The summed E-state index contributed by atoms with van der Waals surface area (Å²) in [7, 11) is 1.52. The molecule has 0 bridgehead atoms. The third-order valence-electron chi connectivity index (χ3n) is 4.90. The molecule has 7 heteroatoms. The summed E-state index contributed by atoms with van der Waals surface area (Å²) in [5, 5.41) is 19.2. The molecule has 0 unspecified atom stereocenters. The van der Waals surface area contributed by atoms with Crippen LogP contribution < -0.4 is 0 Å². The molecule has 0 radical (unpaired) electrons. The molecule has 2 heterocycles. The van der Waals surface area contributed by atoms with E-state index in [1.54, 1.807) is 0 Å². The monoisotopic (exact) mass is 299 g/mol. The van der Waals surface area contributed by atoms with Gasteiger partial charge in [-0.1, -0.05) is 0 Å². The van der Waals surface area contributed by atoms with Gasteiger partial charge in [0.1, 0.15) is 12.4 Å². The zero-order chi connectivity index (χ0) is 15.3. The van der Waals surface area contributed by atoms with Crippen LogP contribution in [0.25, 0.3) is 0 Å². The molecule has 2 aliphatic heterocycles. The van der Waals surface area contributed by atoms with Crippen molar-refractivity contribution in [1.29, 1.82) is 0 Å². The lowest BCUT2D eigenvalue weighted by molar-refractivity contribution is -0.165. The van der Waals surface area contributed by atoms with Crippen molar-refractivity contribution in [3.8, 4) is 0 Å². The summed E-state index contributed by atoms with van der Waals surface area (Å²) in [4.78, 5) is 24.9. The summed E-state index contributed by atoms with van der Waals surface area (Å²) >= 11 is 0. The highest BCUT2D eigenvalue weighted by Gasteiger charge is 2.62. The number of carboxylic acid groups (broad SMARTS) is 1. The molecular formula is C14H18FNO5. The van der Waals surface area contributed by atoms with Gasteiger partial charge in [0.2, 0.25) is 5.91 Å². The van der Waals surface area contributed by atoms with Crippen molar-refractivity contribution in [2.24, 2.45) is 11.8 Å². The molecule has 0 aromatic carbocycles. The van der Waals surface area contributed by atoms with E-state index < -0.39 is 36.6 Å². The first-order valence-corrected chi connectivity index (χ1v) is 7.10. The Labute approximate surface area is 121 Å². The van der Waals surface area contributed by atoms with Gasteiger partial charge in [-0.3, -0.25) is 4.79 Å². The number of ether oxygens (including phenoxy) is 1. The van der Waals surface area contributed by atoms with Crippen molar-refractivity contribution < 1.29 is 28.9 Å². The SMILES string of the molecule is CO[C@H]1CCC[C@H]2C1=C(C(=O)O)N1C(=O)[C@H]([C@H](O)CF)[C@@H]21. The summed E-state index contributed by atoms with van der Waals surface area (Å²) in [6.07, 6.45) is 0.615. The van der Waals surface area contributed by atoms with E-state index in [1.165, 1.54) is 12.0 Å². The lowest BCUT2D eigenvalue weighted by Crippen LogP contribution is -2.64. The van der Waals surface area contributed by atoms with Gasteiger partial charge in [0.15, 0.2) is 0 Å². The maximum Gasteiger partial charge on any atom is 0.352 e. The molecule has 116 valence electrons. The third kappa shape index (κ3) is 1.83. The number of fused-ring (bicyclic) bond motifs is 3. The molecule has 1 amide bonds. The van der Waals surface area contributed by atoms with Crippen LogP contribution in [0.15, 0.2) is 11.3 Å². The topological polar surface area (TPSA) is 87.1 Å². The molecule has 5 atom stereocenters. The van der Waals surface area contributed by atoms with Crippen LogP contribution in [-0.2, 0) is 14.3 Å². The van der Waals surface area contributed by atoms with Gasteiger partial charge < -0.3 is 19.8 Å². The van der Waals surface area contributed by atoms with E-state index in [1.807, 2.05) is 0 Å². The van der Waals surface area contributed by atoms with E-state index >= 15 is 0 Å². The van der Waals surface area contributed by atoms with Crippen molar-refractivity contribution in [1.82, 2.24) is 4.90 Å². The number of hydrogen-bond acceptors (Lipinski definition) is 4. The molecule has 0 aromatic rings. The average molecular weight is 299 g/mol. The number of alkyl halides is 1. The number of carbonyl (C=O) groups excluding carboxylic acids is 1. The first-order valence-electron chi connectivity index (χ1n) is 7.10. The number of aliphatic hydroxyl groups excluding tert-OH is 1. The molecule has 1 aliphatic carbocycles. The predicted octanol–water partition coefficient (Wildman–Crippen LogP) is 0.311. The van der Waals surface area contributed by atoms with Crippen molar-refractivity contribution in [3.63, 3.8) is 0 Å². The second kappa shape index (κ2) is 5.06. The van der Waals surface area contributed by atoms with Gasteiger partial charge in [-0.2, -0.15) is 0 Å². The van der Waals surface area contributed by atoms with Gasteiger partial charge in [-0.05, 0) is 24.8 Å². The van der Waals surface area contributed by atoms with Gasteiger partial charge in [-0.25, -0.2) is 9.18 Å². The highest BCUT2D eigenvalue weighted by molar-refractivity contribution is 6.00. The van der Waals surface area contributed by atoms with Gasteiger partial charge in [-0.15, -0.1) is 0 Å². The molecular weight excluding hydrogens is 281 g/mol. The van der Waals surface area contributed by atoms with Gasteiger partial charge >= 0.3 is 5.97 Å². The zero-order valence-electron chi connectivity index (χ0n) is 11.7. The molecule has 1 saturated heterocycles. The Bertz CT molecular complexity index is 519. The van der Waals surface area contributed by atoms with Crippen LogP contribution in [0.2, 0.25) is 0 Å². The van der Waals surface area contributed by atoms with Crippen molar-refractivity contribution in [2.75, 3.05) is 13.8 Å². The third-order valence-corrected chi connectivity index (χ3v) is 4.90. The van der Waals surface area contributed by atoms with E-state index in [0.29, 0.717) is 12.0 Å². The number of methoxy groups -OCH3 is 1. The number of β-lactam (4-membered cyclic amide) rings is 1. The highest BCUT2D eigenvalue weighted by Crippen LogP contribution is 2.52. The maximum absolute atomic E-state index is 12.7. The molecule has 3 aliphatic rings. The van der Waals surface area contributed by atoms with E-state index in [4.69, 9.17) is 4.74 Å². The number of aliphatic carboxylic acids is 1. The van der Waals surface area contributed by atoms with Crippen molar-refractivity contribution >= 4 is 11.9 Å². The number of halogens is 1. The number of carboxylic acids is 1. The quantitative estimate of drug-likeness (QED) is 0.730. The lowest BCUT2D eigenvalue weighted by Gasteiger charge is -2.47. The van der Waals surface area contributed by atoms with E-state index in [0.717, 1.165) is 12.8 Å². The smallest absolute Gasteiger partial charge is 0.352 e. The van der Waals surface area contributed by atoms with Crippen LogP contribution in [0.1, 0.15) is 19.3 Å². The molecule has 2 N–H and O–H groups in total. The first-order chi connectivity index (χ1) is 10.0. The standard InChI is InChI=1S/C14H18FNO5/c1-21-8-4-2-3-6-9(8)12(14(19)20)16-11(6)10(13(16)18)7(17)5-15/h6-8,10-11,17H,2-5H2,1H3,(H,19,20)/t6-,7+,8-,10+,11+/m0/s1. The Kier molecular flexibility index (Phi) is 3.49. The van der Waals surface area contributed by atoms with Crippen LogP contribution in [0.5, 0.6) is 0 Å². The molecule has 6 nitrogen and oxygen atoms in total. The largest absolute Gasteiger partial charge is 0.477 e. The Morgan fingerprint density at radius 3 is 2.81 bits per heavy atom. The van der Waals surface area contributed by atoms with E-state index in [-0.39, 0.29) is 17.7 Å². The Morgan fingerprint density at radius 1 is 1.52 bits per heavy atom. The normalized spacial score (nSPS) is 36.1. The fraction of sp³-hybridized carbons (Fsp3) is 0.714. The Balaban J connectivity index is 2.01. The van der Waals surface area contributed by atoms with Crippen LogP contribution in [0, 0.1) is 11.8 Å². The maximum atomic E-state index is 12.7. The molecule has 0 spiro atoms. The lowest BCUT2D eigenvalue weighted by atomic mass is 9.71. The fourth-order valence-electron chi connectivity index (χ4n) is 4.08. The van der Waals surface area contributed by atoms with Crippen molar-refractivity contribution in [2.45, 2.75) is 37.5 Å². The van der Waals surface area contributed by atoms with Gasteiger partial charge in [0, 0.05) is 13.0 Å². The number of carbonyl (C=O) groups is 2. The van der Waals surface area contributed by atoms with Crippen molar-refractivity contribution in [3.05, 3.63) is 11.3 Å². The highest BCUT2D eigenvalue weighted by atomic mass is 19.1. The fourth-order valence-corrected chi connectivity index (χ4v) is 4.08. The number of aliphatic hydroxyl groups is 1. The summed E-state index contributed by atoms with van der Waals surface area (Å²) in [5.41, 5.74) is 0.604. The first kappa shape index (κ1) is 14.5. The molecule has 2 fully saturated rings. The van der Waals surface area contributed by atoms with Gasteiger partial charge in [0.05, 0.1) is 24.2 Å². The zero-order valence-corrected chi connectivity index (χ0v) is 11.7. The Hall–Kier alpha value is -1.47. The minimum atomic E-state index is -1.36.